The second-order valence-electron chi connectivity index (χ2n) is 11.4. The topological polar surface area (TPSA) is 125 Å². The van der Waals surface area contributed by atoms with Crippen LogP contribution in [0.5, 0.6) is 0 Å². The maximum Gasteiger partial charge on any atom is 0.372 e. The van der Waals surface area contributed by atoms with Crippen LogP contribution in [0, 0.1) is 18.8 Å². The maximum absolute atomic E-state index is 14.1. The molecule has 2 unspecified atom stereocenters. The summed E-state index contributed by atoms with van der Waals surface area (Å²) in [5.41, 5.74) is 3.31. The fourth-order valence-corrected chi connectivity index (χ4v) is 7.03. The summed E-state index contributed by atoms with van der Waals surface area (Å²) < 4.78 is 38.8. The van der Waals surface area contributed by atoms with Crippen LogP contribution >= 0.6 is 0 Å². The first-order valence-electron chi connectivity index (χ1n) is 14.2. The molecule has 0 aromatic heterocycles. The lowest BCUT2D eigenvalue weighted by Gasteiger charge is -2.36. The maximum atomic E-state index is 14.1. The van der Waals surface area contributed by atoms with Gasteiger partial charge in [-0.2, -0.15) is 13.1 Å². The Bertz CT molecular complexity index is 1190. The zero-order valence-electron chi connectivity index (χ0n) is 23.0. The minimum atomic E-state index is -5.12. The second kappa shape index (κ2) is 12.3. The van der Waals surface area contributed by atoms with E-state index in [4.69, 9.17) is 0 Å². The van der Waals surface area contributed by atoms with Crippen LogP contribution in [0.3, 0.4) is 0 Å². The predicted octanol–water partition coefficient (Wildman–Crippen LogP) is 2.98. The van der Waals surface area contributed by atoms with Crippen LogP contribution in [0.1, 0.15) is 87.9 Å². The lowest BCUT2D eigenvalue weighted by atomic mass is 9.83. The molecule has 3 amide bonds. The van der Waals surface area contributed by atoms with Crippen LogP contribution in [0.4, 0.5) is 3.89 Å². The summed E-state index contributed by atoms with van der Waals surface area (Å²) in [5.74, 6) is -1.53. The number of rotatable bonds is 9. The van der Waals surface area contributed by atoms with Gasteiger partial charge < -0.3 is 15.5 Å². The van der Waals surface area contributed by atoms with Crippen molar-refractivity contribution in [1.29, 1.82) is 0 Å². The van der Waals surface area contributed by atoms with Gasteiger partial charge in [0.25, 0.3) is 0 Å². The summed E-state index contributed by atoms with van der Waals surface area (Å²) in [6.45, 7) is 5.80. The van der Waals surface area contributed by atoms with Crippen LogP contribution in [0.15, 0.2) is 18.2 Å². The Hall–Kier alpha value is -2.53. The molecule has 2 aliphatic carbocycles. The zero-order valence-corrected chi connectivity index (χ0v) is 23.9. The molecule has 1 saturated heterocycles. The monoisotopic (exact) mass is 564 g/mol. The molecule has 4 rings (SSSR count). The number of halogens is 1. The molecule has 5 atom stereocenters. The van der Waals surface area contributed by atoms with Crippen LogP contribution in [-0.4, -0.2) is 55.7 Å². The summed E-state index contributed by atoms with van der Waals surface area (Å²) in [6, 6.07) is 2.46. The van der Waals surface area contributed by atoms with Gasteiger partial charge in [0.1, 0.15) is 12.1 Å². The Labute approximate surface area is 231 Å². The largest absolute Gasteiger partial charge is 0.372 e. The zero-order chi connectivity index (χ0) is 28.3. The molecule has 1 saturated carbocycles. The number of nitrogens with one attached hydrogen (secondary N) is 3. The molecule has 3 aliphatic rings. The number of carbonyl (C=O) groups excluding carboxylic acids is 3. The summed E-state index contributed by atoms with van der Waals surface area (Å²) in [5, 5.41) is 5.97. The molecule has 9 nitrogen and oxygen atoms in total. The molecule has 3 N–H and O–H groups in total. The third kappa shape index (κ3) is 6.80. The van der Waals surface area contributed by atoms with E-state index in [1.165, 1.54) is 10.5 Å². The lowest BCUT2D eigenvalue weighted by molar-refractivity contribution is -0.144. The van der Waals surface area contributed by atoms with Gasteiger partial charge in [0, 0.05) is 12.5 Å². The van der Waals surface area contributed by atoms with Gasteiger partial charge in [0.15, 0.2) is 0 Å². The highest BCUT2D eigenvalue weighted by molar-refractivity contribution is 7.84. The van der Waals surface area contributed by atoms with Gasteiger partial charge in [-0.25, -0.2) is 0 Å². The fourth-order valence-electron chi connectivity index (χ4n) is 6.42. The molecule has 11 heteroatoms. The average Bonchev–Trinajstić information content (AvgIpc) is 3.50. The van der Waals surface area contributed by atoms with E-state index in [1.807, 2.05) is 36.8 Å². The van der Waals surface area contributed by atoms with Crippen molar-refractivity contribution in [1.82, 2.24) is 20.3 Å². The van der Waals surface area contributed by atoms with Crippen LogP contribution < -0.4 is 15.4 Å². The van der Waals surface area contributed by atoms with Crippen molar-refractivity contribution in [3.05, 3.63) is 34.9 Å². The number of carbonyl (C=O) groups is 3. The van der Waals surface area contributed by atoms with Crippen molar-refractivity contribution in [2.45, 2.75) is 103 Å². The SMILES string of the molecule is CC[C@@H](C)C(=O)N[C@H](C(=O)N1CCC(NS(=O)(=O)F)[C@H]1C(=O)NC1CCc2c(C)cccc21)C1CCCCC1. The molecule has 0 bridgehead atoms. The number of fused-ring (bicyclic) bond motifs is 1. The van der Waals surface area contributed by atoms with E-state index in [9.17, 15) is 26.7 Å². The number of amides is 3. The molecular formula is C28H41FN4O5S. The number of nitrogens with zero attached hydrogens (tertiary/aromatic N) is 1. The Morgan fingerprint density at radius 3 is 2.49 bits per heavy atom. The van der Waals surface area contributed by atoms with Crippen molar-refractivity contribution in [3.63, 3.8) is 0 Å². The number of hydrogen-bond donors (Lipinski definition) is 3. The Kier molecular flexibility index (Phi) is 9.31. The average molecular weight is 565 g/mol. The third-order valence-electron chi connectivity index (χ3n) is 8.81. The van der Waals surface area contributed by atoms with Crippen LogP contribution in [-0.2, 0) is 31.2 Å². The third-order valence-corrected chi connectivity index (χ3v) is 9.39. The van der Waals surface area contributed by atoms with Gasteiger partial charge in [0.2, 0.25) is 17.7 Å². The molecular weight excluding hydrogens is 523 g/mol. The van der Waals surface area contributed by atoms with E-state index in [0.717, 1.165) is 49.7 Å². The van der Waals surface area contributed by atoms with E-state index >= 15 is 0 Å². The number of likely N-dealkylation sites (tertiary alicyclic amines) is 1. The molecule has 1 aromatic rings. The van der Waals surface area contributed by atoms with Gasteiger partial charge in [-0.1, -0.05) is 55.2 Å². The Morgan fingerprint density at radius 1 is 1.10 bits per heavy atom. The highest BCUT2D eigenvalue weighted by Crippen LogP contribution is 2.34. The standard InChI is InChI=1S/C28H41FN4O5S/c1-4-17(2)26(34)31-24(19-10-6-5-7-11-19)28(36)33-16-15-23(32-39(29,37)38)25(33)27(35)30-22-14-13-20-18(3)9-8-12-21(20)22/h8-9,12,17,19,22-25,32H,4-7,10-11,13-16H2,1-3H3,(H,30,35)(H,31,34)/t17-,22?,23?,24+,25+/m1/s1. The minimum absolute atomic E-state index is 0.0763. The van der Waals surface area contributed by atoms with E-state index in [1.54, 1.807) is 6.92 Å². The second-order valence-corrected chi connectivity index (χ2v) is 12.5. The van der Waals surface area contributed by atoms with Crippen molar-refractivity contribution < 1.29 is 26.7 Å². The van der Waals surface area contributed by atoms with E-state index in [-0.39, 0.29) is 36.8 Å². The minimum Gasteiger partial charge on any atom is -0.347 e. The van der Waals surface area contributed by atoms with Crippen molar-refractivity contribution >= 4 is 28.1 Å². The van der Waals surface area contributed by atoms with Gasteiger partial charge in [0.05, 0.1) is 12.1 Å². The molecule has 0 radical (unpaired) electrons. The highest BCUT2D eigenvalue weighted by Gasteiger charge is 2.47. The first-order chi connectivity index (χ1) is 18.5. The number of benzene rings is 1. The molecule has 0 spiro atoms. The van der Waals surface area contributed by atoms with Crippen LogP contribution in [0.2, 0.25) is 0 Å². The molecule has 1 heterocycles. The van der Waals surface area contributed by atoms with Crippen molar-refractivity contribution in [2.75, 3.05) is 6.54 Å². The summed E-state index contributed by atoms with van der Waals surface area (Å²) >= 11 is 0. The summed E-state index contributed by atoms with van der Waals surface area (Å²) in [4.78, 5) is 42.0. The molecule has 1 aromatic carbocycles. The van der Waals surface area contributed by atoms with Gasteiger partial charge in [-0.3, -0.25) is 14.4 Å². The van der Waals surface area contributed by atoms with Gasteiger partial charge >= 0.3 is 10.4 Å². The van der Waals surface area contributed by atoms with E-state index < -0.39 is 40.3 Å². The molecule has 216 valence electrons. The highest BCUT2D eigenvalue weighted by atomic mass is 32.3. The van der Waals surface area contributed by atoms with Gasteiger partial charge in [-0.15, -0.1) is 0 Å². The normalized spacial score (nSPS) is 25.1. The molecule has 1 aliphatic heterocycles. The van der Waals surface area contributed by atoms with Gasteiger partial charge in [-0.05, 0) is 68.1 Å². The van der Waals surface area contributed by atoms with Crippen LogP contribution in [0.25, 0.3) is 0 Å². The number of aryl methyl sites for hydroxylation is 1. The van der Waals surface area contributed by atoms with E-state index in [0.29, 0.717) is 12.8 Å². The Balaban J connectivity index is 1.60. The smallest absolute Gasteiger partial charge is 0.347 e. The Morgan fingerprint density at radius 2 is 1.82 bits per heavy atom. The lowest BCUT2D eigenvalue weighted by Crippen LogP contribution is -2.60. The van der Waals surface area contributed by atoms with Crippen molar-refractivity contribution in [3.8, 4) is 0 Å². The quantitative estimate of drug-likeness (QED) is 0.398. The summed E-state index contributed by atoms with van der Waals surface area (Å²) in [7, 11) is -5.12. The first-order valence-corrected chi connectivity index (χ1v) is 15.6. The van der Waals surface area contributed by atoms with Crippen molar-refractivity contribution in [2.24, 2.45) is 11.8 Å². The number of hydrogen-bond acceptors (Lipinski definition) is 5. The summed E-state index contributed by atoms with van der Waals surface area (Å²) in [6.07, 6.45) is 6.70. The predicted molar refractivity (Wildman–Crippen MR) is 145 cm³/mol. The molecule has 2 fully saturated rings. The first kappa shape index (κ1) is 29.5. The fraction of sp³-hybridized carbons (Fsp3) is 0.679. The van der Waals surface area contributed by atoms with E-state index in [2.05, 4.69) is 10.6 Å². The molecule has 39 heavy (non-hydrogen) atoms.